The zero-order valence-electron chi connectivity index (χ0n) is 11.2. The van der Waals surface area contributed by atoms with Crippen LogP contribution in [0.2, 0.25) is 10.0 Å². The van der Waals surface area contributed by atoms with Gasteiger partial charge in [-0.05, 0) is 31.4 Å². The highest BCUT2D eigenvalue weighted by atomic mass is 79.9. The van der Waals surface area contributed by atoms with Crippen LogP contribution >= 0.6 is 55.1 Å². The van der Waals surface area contributed by atoms with Crippen LogP contribution in [0.3, 0.4) is 0 Å². The van der Waals surface area contributed by atoms with Gasteiger partial charge in [0.1, 0.15) is 4.90 Å². The minimum absolute atomic E-state index is 0.00973. The average molecular weight is 480 g/mol. The zero-order valence-corrected chi connectivity index (χ0v) is 16.7. The van der Waals surface area contributed by atoms with Gasteiger partial charge < -0.3 is 0 Å². The maximum Gasteiger partial charge on any atom is 0.246 e. The standard InChI is InChI=1S/C13H15Br2Cl2NO2S/c14-5-2-6-18(10-3-1-4-10)21(19,20)13-11(16)7-9(15)8-12(13)17/h7-8,10H,1-6H2. The van der Waals surface area contributed by atoms with Crippen LogP contribution in [0, 0.1) is 0 Å². The Kier molecular flexibility index (Phi) is 6.43. The molecule has 21 heavy (non-hydrogen) atoms. The number of rotatable bonds is 6. The average Bonchev–Trinajstić information content (AvgIpc) is 2.29. The van der Waals surface area contributed by atoms with Gasteiger partial charge in [-0.1, -0.05) is 61.5 Å². The molecule has 0 saturated heterocycles. The monoisotopic (exact) mass is 477 g/mol. The second-order valence-corrected chi connectivity index (χ2v) is 9.29. The molecular weight excluding hydrogens is 465 g/mol. The minimum Gasteiger partial charge on any atom is -0.207 e. The fraction of sp³-hybridized carbons (Fsp3) is 0.538. The summed E-state index contributed by atoms with van der Waals surface area (Å²) in [6.45, 7) is 0.473. The van der Waals surface area contributed by atoms with Gasteiger partial charge in [-0.3, -0.25) is 0 Å². The van der Waals surface area contributed by atoms with E-state index in [1.165, 1.54) is 0 Å². The third-order valence-electron chi connectivity index (χ3n) is 3.52. The number of halogens is 4. The van der Waals surface area contributed by atoms with Crippen LogP contribution < -0.4 is 0 Å². The van der Waals surface area contributed by atoms with Gasteiger partial charge in [0, 0.05) is 22.4 Å². The van der Waals surface area contributed by atoms with E-state index in [1.807, 2.05) is 0 Å². The number of alkyl halides is 1. The fourth-order valence-corrected chi connectivity index (χ4v) is 6.14. The molecular formula is C13H15Br2Cl2NO2S. The van der Waals surface area contributed by atoms with Crippen LogP contribution in [-0.4, -0.2) is 30.6 Å². The Bertz CT molecular complexity index is 598. The van der Waals surface area contributed by atoms with Gasteiger partial charge in [0.25, 0.3) is 0 Å². The Balaban J connectivity index is 2.42. The van der Waals surface area contributed by atoms with E-state index in [2.05, 4.69) is 31.9 Å². The summed E-state index contributed by atoms with van der Waals surface area (Å²) in [5.74, 6) is 0. The van der Waals surface area contributed by atoms with E-state index in [4.69, 9.17) is 23.2 Å². The van der Waals surface area contributed by atoms with E-state index in [0.29, 0.717) is 11.0 Å². The summed E-state index contributed by atoms with van der Waals surface area (Å²) in [4.78, 5) is 0.00973. The zero-order chi connectivity index (χ0) is 15.6. The molecule has 3 nitrogen and oxygen atoms in total. The van der Waals surface area contributed by atoms with Gasteiger partial charge in [-0.25, -0.2) is 8.42 Å². The smallest absolute Gasteiger partial charge is 0.207 e. The number of sulfonamides is 1. The van der Waals surface area contributed by atoms with E-state index in [1.54, 1.807) is 16.4 Å². The predicted molar refractivity (Wildman–Crippen MR) is 94.1 cm³/mol. The van der Waals surface area contributed by atoms with Crippen molar-refractivity contribution in [2.45, 2.75) is 36.6 Å². The van der Waals surface area contributed by atoms with Crippen molar-refractivity contribution in [2.75, 3.05) is 11.9 Å². The fourth-order valence-electron chi connectivity index (χ4n) is 2.28. The van der Waals surface area contributed by atoms with Gasteiger partial charge in [0.15, 0.2) is 0 Å². The molecule has 1 aromatic carbocycles. The molecule has 0 bridgehead atoms. The number of hydrogen-bond acceptors (Lipinski definition) is 2. The lowest BCUT2D eigenvalue weighted by Crippen LogP contribution is -2.44. The molecule has 2 rings (SSSR count). The largest absolute Gasteiger partial charge is 0.246 e. The van der Waals surface area contributed by atoms with E-state index in [9.17, 15) is 8.42 Å². The van der Waals surface area contributed by atoms with Crippen molar-refractivity contribution in [1.82, 2.24) is 4.31 Å². The van der Waals surface area contributed by atoms with Gasteiger partial charge in [-0.2, -0.15) is 4.31 Å². The Morgan fingerprint density at radius 3 is 2.24 bits per heavy atom. The van der Waals surface area contributed by atoms with Gasteiger partial charge in [-0.15, -0.1) is 0 Å². The summed E-state index contributed by atoms with van der Waals surface area (Å²) in [5, 5.41) is 1.06. The SMILES string of the molecule is O=S(=O)(c1c(Cl)cc(Br)cc1Cl)N(CCCBr)C1CCC1. The highest BCUT2D eigenvalue weighted by molar-refractivity contribution is 9.10. The predicted octanol–water partition coefficient (Wildman–Crippen LogP) is 5.08. The molecule has 0 heterocycles. The van der Waals surface area contributed by atoms with Crippen molar-refractivity contribution in [1.29, 1.82) is 0 Å². The summed E-state index contributed by atoms with van der Waals surface area (Å²) in [5.41, 5.74) is 0. The molecule has 0 N–H and O–H groups in total. The number of hydrogen-bond donors (Lipinski definition) is 0. The lowest BCUT2D eigenvalue weighted by molar-refractivity contribution is 0.220. The van der Waals surface area contributed by atoms with Crippen molar-refractivity contribution in [2.24, 2.45) is 0 Å². The van der Waals surface area contributed by atoms with E-state index < -0.39 is 10.0 Å². The Labute approximate surface area is 152 Å². The van der Waals surface area contributed by atoms with E-state index in [0.717, 1.165) is 31.0 Å². The molecule has 8 heteroatoms. The van der Waals surface area contributed by atoms with Crippen LogP contribution in [0.5, 0.6) is 0 Å². The molecule has 1 saturated carbocycles. The summed E-state index contributed by atoms with van der Waals surface area (Å²) >= 11 is 18.9. The lowest BCUT2D eigenvalue weighted by atomic mass is 9.93. The minimum atomic E-state index is -3.68. The molecule has 1 fully saturated rings. The highest BCUT2D eigenvalue weighted by Gasteiger charge is 2.36. The van der Waals surface area contributed by atoms with Crippen LogP contribution in [0.15, 0.2) is 21.5 Å². The normalized spacial score (nSPS) is 16.2. The quantitative estimate of drug-likeness (QED) is 0.533. The van der Waals surface area contributed by atoms with E-state index >= 15 is 0 Å². The summed E-state index contributed by atoms with van der Waals surface area (Å²) in [6.07, 6.45) is 3.61. The molecule has 0 radical (unpaired) electrons. The number of benzene rings is 1. The Hall–Kier alpha value is 0.670. The highest BCUT2D eigenvalue weighted by Crippen LogP contribution is 2.37. The number of nitrogens with zero attached hydrogens (tertiary/aromatic N) is 1. The first-order valence-corrected chi connectivity index (χ1v) is 10.7. The maximum atomic E-state index is 13.0. The Morgan fingerprint density at radius 1 is 1.24 bits per heavy atom. The molecule has 1 aromatic rings. The van der Waals surface area contributed by atoms with Gasteiger partial charge in [0.2, 0.25) is 10.0 Å². The third kappa shape index (κ3) is 3.96. The second kappa shape index (κ2) is 7.49. The molecule has 1 aliphatic rings. The van der Waals surface area contributed by atoms with Crippen molar-refractivity contribution >= 4 is 65.1 Å². The van der Waals surface area contributed by atoms with Crippen LogP contribution in [0.25, 0.3) is 0 Å². The molecule has 0 aromatic heterocycles. The van der Waals surface area contributed by atoms with Crippen molar-refractivity contribution in [3.63, 3.8) is 0 Å². The van der Waals surface area contributed by atoms with Crippen LogP contribution in [0.1, 0.15) is 25.7 Å². The van der Waals surface area contributed by atoms with Gasteiger partial charge >= 0.3 is 0 Å². The summed E-state index contributed by atoms with van der Waals surface area (Å²) < 4.78 is 28.1. The van der Waals surface area contributed by atoms with Crippen LogP contribution in [-0.2, 0) is 10.0 Å². The molecule has 0 amide bonds. The topological polar surface area (TPSA) is 37.4 Å². The molecule has 118 valence electrons. The molecule has 0 aliphatic heterocycles. The van der Waals surface area contributed by atoms with Crippen molar-refractivity contribution in [3.8, 4) is 0 Å². The van der Waals surface area contributed by atoms with Crippen molar-refractivity contribution < 1.29 is 8.42 Å². The molecule has 0 atom stereocenters. The molecule has 1 aliphatic carbocycles. The molecule has 0 unspecified atom stereocenters. The lowest BCUT2D eigenvalue weighted by Gasteiger charge is -2.36. The first kappa shape index (κ1) is 18.0. The molecule has 0 spiro atoms. The van der Waals surface area contributed by atoms with Gasteiger partial charge in [0.05, 0.1) is 10.0 Å². The first-order valence-electron chi connectivity index (χ1n) is 6.60. The second-order valence-electron chi connectivity index (χ2n) is 4.94. The first-order chi connectivity index (χ1) is 9.87. The van der Waals surface area contributed by atoms with Crippen molar-refractivity contribution in [3.05, 3.63) is 26.7 Å². The van der Waals surface area contributed by atoms with Crippen LogP contribution in [0.4, 0.5) is 0 Å². The Morgan fingerprint density at radius 2 is 1.81 bits per heavy atom. The summed E-state index contributed by atoms with van der Waals surface area (Å²) in [7, 11) is -3.68. The maximum absolute atomic E-state index is 13.0. The van der Waals surface area contributed by atoms with E-state index in [-0.39, 0.29) is 21.0 Å². The third-order valence-corrected chi connectivity index (χ3v) is 7.42. The summed E-state index contributed by atoms with van der Waals surface area (Å²) in [6, 6.07) is 3.18.